The van der Waals surface area contributed by atoms with Crippen molar-refractivity contribution < 1.29 is 17.9 Å². The standard InChI is InChI=1S/C14H19ClFNO3S/c1-17(11-7-5-10(9-18)6-8-11)21(19,20)13-4-2-3-12(15)14(13)16/h2-4,10-11,18H,5-9H2,1H3. The summed E-state index contributed by atoms with van der Waals surface area (Å²) < 4.78 is 40.3. The van der Waals surface area contributed by atoms with Crippen LogP contribution in [0, 0.1) is 11.7 Å². The molecule has 1 fully saturated rings. The Morgan fingerprint density at radius 1 is 1.33 bits per heavy atom. The molecule has 0 aromatic heterocycles. The number of benzene rings is 1. The van der Waals surface area contributed by atoms with Crippen LogP contribution in [0.2, 0.25) is 5.02 Å². The summed E-state index contributed by atoms with van der Waals surface area (Å²) in [4.78, 5) is -0.387. The number of aliphatic hydroxyl groups excluding tert-OH is 1. The second kappa shape index (κ2) is 6.60. The summed E-state index contributed by atoms with van der Waals surface area (Å²) >= 11 is 5.66. The third-order valence-corrected chi connectivity index (χ3v) is 6.38. The fourth-order valence-corrected chi connectivity index (χ4v) is 4.46. The molecule has 1 aliphatic carbocycles. The monoisotopic (exact) mass is 335 g/mol. The van der Waals surface area contributed by atoms with Crippen LogP contribution in [0.3, 0.4) is 0 Å². The fraction of sp³-hybridized carbons (Fsp3) is 0.571. The van der Waals surface area contributed by atoms with Gasteiger partial charge in [0.2, 0.25) is 10.0 Å². The van der Waals surface area contributed by atoms with Crippen molar-refractivity contribution in [3.05, 3.63) is 29.0 Å². The van der Waals surface area contributed by atoms with Crippen LogP contribution in [0.1, 0.15) is 25.7 Å². The molecule has 7 heteroatoms. The van der Waals surface area contributed by atoms with Crippen LogP contribution in [-0.4, -0.2) is 37.5 Å². The first-order valence-electron chi connectivity index (χ1n) is 6.90. The SMILES string of the molecule is CN(C1CCC(CO)CC1)S(=O)(=O)c1cccc(Cl)c1F. The zero-order valence-corrected chi connectivity index (χ0v) is 13.4. The average Bonchev–Trinajstić information content (AvgIpc) is 2.49. The molecular formula is C14H19ClFNO3S. The molecule has 0 unspecified atom stereocenters. The van der Waals surface area contributed by atoms with Crippen LogP contribution < -0.4 is 0 Å². The van der Waals surface area contributed by atoms with Gasteiger partial charge in [-0.15, -0.1) is 0 Å². The van der Waals surface area contributed by atoms with Crippen molar-refractivity contribution in [2.24, 2.45) is 5.92 Å². The lowest BCUT2D eigenvalue weighted by molar-refractivity contribution is 0.159. The molecule has 4 nitrogen and oxygen atoms in total. The van der Waals surface area contributed by atoms with Gasteiger partial charge in [0.15, 0.2) is 5.82 Å². The largest absolute Gasteiger partial charge is 0.396 e. The van der Waals surface area contributed by atoms with E-state index in [9.17, 15) is 12.8 Å². The van der Waals surface area contributed by atoms with E-state index in [0.717, 1.165) is 12.8 Å². The maximum Gasteiger partial charge on any atom is 0.246 e. The summed E-state index contributed by atoms with van der Waals surface area (Å²) in [7, 11) is -2.43. The van der Waals surface area contributed by atoms with Gasteiger partial charge in [-0.3, -0.25) is 0 Å². The zero-order chi connectivity index (χ0) is 15.6. The van der Waals surface area contributed by atoms with E-state index in [0.29, 0.717) is 12.8 Å². The Morgan fingerprint density at radius 3 is 2.52 bits per heavy atom. The van der Waals surface area contributed by atoms with E-state index >= 15 is 0 Å². The molecule has 1 aliphatic rings. The highest BCUT2D eigenvalue weighted by atomic mass is 35.5. The average molecular weight is 336 g/mol. The highest BCUT2D eigenvalue weighted by Crippen LogP contribution is 2.31. The minimum Gasteiger partial charge on any atom is -0.396 e. The van der Waals surface area contributed by atoms with Gasteiger partial charge in [0.1, 0.15) is 4.90 Å². The molecule has 0 atom stereocenters. The number of hydrogen-bond donors (Lipinski definition) is 1. The van der Waals surface area contributed by atoms with Crippen LogP contribution in [0.4, 0.5) is 4.39 Å². The van der Waals surface area contributed by atoms with Gasteiger partial charge in [0.25, 0.3) is 0 Å². The van der Waals surface area contributed by atoms with E-state index in [-0.39, 0.29) is 28.5 Å². The lowest BCUT2D eigenvalue weighted by atomic mass is 9.87. The fourth-order valence-electron chi connectivity index (χ4n) is 2.73. The lowest BCUT2D eigenvalue weighted by Crippen LogP contribution is -2.40. The quantitative estimate of drug-likeness (QED) is 0.920. The molecule has 0 aliphatic heterocycles. The molecule has 0 bridgehead atoms. The number of rotatable bonds is 4. The van der Waals surface area contributed by atoms with Gasteiger partial charge in [-0.05, 0) is 43.7 Å². The highest BCUT2D eigenvalue weighted by Gasteiger charge is 2.33. The van der Waals surface area contributed by atoms with Crippen molar-refractivity contribution in [3.63, 3.8) is 0 Å². The normalized spacial score (nSPS) is 23.5. The molecule has 0 radical (unpaired) electrons. The van der Waals surface area contributed by atoms with E-state index < -0.39 is 15.8 Å². The lowest BCUT2D eigenvalue weighted by Gasteiger charge is -2.33. The van der Waals surface area contributed by atoms with E-state index in [1.165, 1.54) is 29.6 Å². The molecule has 1 saturated carbocycles. The zero-order valence-electron chi connectivity index (χ0n) is 11.8. The number of aliphatic hydroxyl groups is 1. The third-order valence-electron chi connectivity index (χ3n) is 4.16. The van der Waals surface area contributed by atoms with Gasteiger partial charge in [0, 0.05) is 19.7 Å². The van der Waals surface area contributed by atoms with Crippen molar-refractivity contribution in [2.75, 3.05) is 13.7 Å². The van der Waals surface area contributed by atoms with Gasteiger partial charge in [0.05, 0.1) is 5.02 Å². The maximum absolute atomic E-state index is 14.0. The van der Waals surface area contributed by atoms with Crippen molar-refractivity contribution in [1.82, 2.24) is 4.31 Å². The Labute approximate surface area is 129 Å². The van der Waals surface area contributed by atoms with Crippen LogP contribution in [-0.2, 0) is 10.0 Å². The van der Waals surface area contributed by atoms with Crippen LogP contribution in [0.15, 0.2) is 23.1 Å². The van der Waals surface area contributed by atoms with Crippen LogP contribution in [0.5, 0.6) is 0 Å². The van der Waals surface area contributed by atoms with Gasteiger partial charge in [-0.25, -0.2) is 12.8 Å². The minimum atomic E-state index is -3.90. The Hall–Kier alpha value is -0.690. The summed E-state index contributed by atoms with van der Waals surface area (Å²) in [6, 6.07) is 3.81. The number of nitrogens with zero attached hydrogens (tertiary/aromatic N) is 1. The molecule has 0 heterocycles. The second-order valence-electron chi connectivity index (χ2n) is 5.43. The predicted molar refractivity (Wildman–Crippen MR) is 79.2 cm³/mol. The summed E-state index contributed by atoms with van der Waals surface area (Å²) in [6.07, 6.45) is 2.89. The molecule has 21 heavy (non-hydrogen) atoms. The van der Waals surface area contributed by atoms with Gasteiger partial charge >= 0.3 is 0 Å². The molecular weight excluding hydrogens is 317 g/mol. The molecule has 2 rings (SSSR count). The Kier molecular flexibility index (Phi) is 5.24. The minimum absolute atomic E-state index is 0.131. The smallest absolute Gasteiger partial charge is 0.246 e. The van der Waals surface area contributed by atoms with Crippen molar-refractivity contribution in [2.45, 2.75) is 36.6 Å². The van der Waals surface area contributed by atoms with Gasteiger partial charge in [-0.1, -0.05) is 17.7 Å². The molecule has 0 spiro atoms. The Morgan fingerprint density at radius 2 is 1.95 bits per heavy atom. The molecule has 118 valence electrons. The van der Waals surface area contributed by atoms with Crippen LogP contribution >= 0.6 is 11.6 Å². The predicted octanol–water partition coefficient (Wildman–Crippen LogP) is 2.65. The molecule has 0 amide bonds. The summed E-state index contributed by atoms with van der Waals surface area (Å²) in [5.74, 6) is -0.671. The summed E-state index contributed by atoms with van der Waals surface area (Å²) in [5, 5.41) is 8.92. The molecule has 0 saturated heterocycles. The van der Waals surface area contributed by atoms with Gasteiger partial charge in [-0.2, -0.15) is 4.31 Å². The number of halogens is 2. The van der Waals surface area contributed by atoms with E-state index in [4.69, 9.17) is 16.7 Å². The van der Waals surface area contributed by atoms with Crippen molar-refractivity contribution in [1.29, 1.82) is 0 Å². The van der Waals surface area contributed by atoms with Crippen LogP contribution in [0.25, 0.3) is 0 Å². The first-order valence-corrected chi connectivity index (χ1v) is 8.72. The first-order chi connectivity index (χ1) is 9.87. The third kappa shape index (κ3) is 3.39. The van der Waals surface area contributed by atoms with E-state index in [1.54, 1.807) is 0 Å². The summed E-state index contributed by atoms with van der Waals surface area (Å²) in [5.41, 5.74) is 0. The Bertz CT molecular complexity index is 600. The van der Waals surface area contributed by atoms with E-state index in [2.05, 4.69) is 0 Å². The number of hydrogen-bond acceptors (Lipinski definition) is 3. The highest BCUT2D eigenvalue weighted by molar-refractivity contribution is 7.89. The first kappa shape index (κ1) is 16.7. The summed E-state index contributed by atoms with van der Waals surface area (Å²) in [6.45, 7) is 0.131. The maximum atomic E-state index is 14.0. The Balaban J connectivity index is 2.21. The van der Waals surface area contributed by atoms with Crippen molar-refractivity contribution in [3.8, 4) is 0 Å². The molecule has 1 aromatic carbocycles. The molecule has 1 aromatic rings. The topological polar surface area (TPSA) is 57.6 Å². The van der Waals surface area contributed by atoms with Gasteiger partial charge < -0.3 is 5.11 Å². The van der Waals surface area contributed by atoms with Crippen molar-refractivity contribution >= 4 is 21.6 Å². The van der Waals surface area contributed by atoms with E-state index in [1.807, 2.05) is 0 Å². The molecule has 1 N–H and O–H groups in total. The number of sulfonamides is 1. The second-order valence-corrected chi connectivity index (χ2v) is 7.80.